The summed E-state index contributed by atoms with van der Waals surface area (Å²) in [4.78, 5) is 23.0. The fourth-order valence-corrected chi connectivity index (χ4v) is 2.49. The Bertz CT molecular complexity index is 500. The van der Waals surface area contributed by atoms with Gasteiger partial charge >= 0.3 is 0 Å². The fraction of sp³-hybridized carbons (Fsp3) is 0.231. The van der Waals surface area contributed by atoms with Crippen LogP contribution in [0.2, 0.25) is 0 Å². The third-order valence-corrected chi connectivity index (χ3v) is 3.33. The lowest BCUT2D eigenvalue weighted by atomic mass is 10.0. The topological polar surface area (TPSA) is 46.2 Å². The highest BCUT2D eigenvalue weighted by atomic mass is 32.2. The molecule has 0 aromatic heterocycles. The number of allylic oxidation sites excluding steroid dienone is 1. The lowest BCUT2D eigenvalue weighted by Crippen LogP contribution is -2.14. The molecule has 88 valence electrons. The molecule has 0 aliphatic carbocycles. The van der Waals surface area contributed by atoms with Gasteiger partial charge in [-0.15, -0.1) is 0 Å². The first-order valence-electron chi connectivity index (χ1n) is 5.31. The number of benzene rings is 1. The number of amides is 1. The van der Waals surface area contributed by atoms with Crippen LogP contribution in [0.4, 0.5) is 0 Å². The number of nitrogens with one attached hydrogen (secondary N) is 1. The molecular formula is C13H13NO2S. The van der Waals surface area contributed by atoms with Crippen LogP contribution >= 0.6 is 11.8 Å². The minimum Gasteiger partial charge on any atom is -0.320 e. The Hall–Kier alpha value is -1.55. The Morgan fingerprint density at radius 2 is 1.94 bits per heavy atom. The van der Waals surface area contributed by atoms with Crippen molar-refractivity contribution in [3.63, 3.8) is 0 Å². The van der Waals surface area contributed by atoms with E-state index in [0.29, 0.717) is 16.3 Å². The second kappa shape index (κ2) is 4.75. The highest BCUT2D eigenvalue weighted by Crippen LogP contribution is 2.20. The van der Waals surface area contributed by atoms with Gasteiger partial charge in [-0.2, -0.15) is 0 Å². The number of aryl methyl sites for hydroxylation is 2. The van der Waals surface area contributed by atoms with Crippen molar-refractivity contribution in [3.05, 3.63) is 46.0 Å². The van der Waals surface area contributed by atoms with Gasteiger partial charge in [0.25, 0.3) is 0 Å². The van der Waals surface area contributed by atoms with E-state index in [1.165, 1.54) is 17.8 Å². The van der Waals surface area contributed by atoms with Gasteiger partial charge in [-0.05, 0) is 26.0 Å². The summed E-state index contributed by atoms with van der Waals surface area (Å²) in [6, 6.07) is 5.73. The van der Waals surface area contributed by atoms with E-state index in [9.17, 15) is 9.59 Å². The maximum Gasteiger partial charge on any atom is 0.235 e. The second-order valence-corrected chi connectivity index (χ2v) is 5.10. The molecule has 0 spiro atoms. The zero-order valence-electron chi connectivity index (χ0n) is 9.74. The van der Waals surface area contributed by atoms with E-state index in [1.54, 1.807) is 0 Å². The van der Waals surface area contributed by atoms with Crippen LogP contribution in [0.25, 0.3) is 0 Å². The van der Waals surface area contributed by atoms with Gasteiger partial charge in [0.05, 0.1) is 10.8 Å². The lowest BCUT2D eigenvalue weighted by Gasteiger charge is -2.02. The summed E-state index contributed by atoms with van der Waals surface area (Å²) in [7, 11) is 0. The first kappa shape index (κ1) is 11.9. The highest BCUT2D eigenvalue weighted by molar-refractivity contribution is 8.04. The number of thioether (sulfide) groups is 1. The average Bonchev–Trinajstić information content (AvgIpc) is 2.62. The third kappa shape index (κ3) is 2.97. The number of rotatable bonds is 2. The van der Waals surface area contributed by atoms with Crippen LogP contribution in [-0.4, -0.2) is 17.4 Å². The monoisotopic (exact) mass is 247 g/mol. The smallest absolute Gasteiger partial charge is 0.235 e. The Labute approximate surface area is 104 Å². The number of hydrogen-bond acceptors (Lipinski definition) is 3. The van der Waals surface area contributed by atoms with E-state index in [2.05, 4.69) is 5.32 Å². The van der Waals surface area contributed by atoms with Gasteiger partial charge in [0.2, 0.25) is 5.91 Å². The largest absolute Gasteiger partial charge is 0.320 e. The molecule has 17 heavy (non-hydrogen) atoms. The van der Waals surface area contributed by atoms with Crippen LogP contribution in [0.5, 0.6) is 0 Å². The molecule has 1 amide bonds. The summed E-state index contributed by atoms with van der Waals surface area (Å²) < 4.78 is 0. The van der Waals surface area contributed by atoms with Crippen molar-refractivity contribution in [2.45, 2.75) is 13.8 Å². The van der Waals surface area contributed by atoms with Gasteiger partial charge in [-0.3, -0.25) is 9.59 Å². The summed E-state index contributed by atoms with van der Waals surface area (Å²) in [6.45, 7) is 3.92. The molecule has 0 radical (unpaired) electrons. The Morgan fingerprint density at radius 1 is 1.29 bits per heavy atom. The van der Waals surface area contributed by atoms with Gasteiger partial charge in [-0.1, -0.05) is 29.0 Å². The number of carbonyl (C=O) groups excluding carboxylic acids is 2. The molecule has 1 saturated heterocycles. The summed E-state index contributed by atoms with van der Waals surface area (Å²) >= 11 is 1.36. The molecule has 0 unspecified atom stereocenters. The standard InChI is InChI=1S/C13H13NO2S/c1-8-3-9(2)5-10(4-8)11(15)6-13-14-12(16)7-17-13/h3-6H,7H2,1-2H3,(H,14,16). The summed E-state index contributed by atoms with van der Waals surface area (Å²) in [6.07, 6.45) is 1.49. The highest BCUT2D eigenvalue weighted by Gasteiger charge is 2.16. The first-order chi connectivity index (χ1) is 8.04. The van der Waals surface area contributed by atoms with Crippen LogP contribution < -0.4 is 5.32 Å². The van der Waals surface area contributed by atoms with E-state index in [-0.39, 0.29) is 11.7 Å². The van der Waals surface area contributed by atoms with Crippen LogP contribution in [0.3, 0.4) is 0 Å². The van der Waals surface area contributed by atoms with Gasteiger partial charge in [0.15, 0.2) is 5.78 Å². The van der Waals surface area contributed by atoms with Crippen molar-refractivity contribution in [3.8, 4) is 0 Å². The Kier molecular flexibility index (Phi) is 3.33. The van der Waals surface area contributed by atoms with Gasteiger partial charge in [-0.25, -0.2) is 0 Å². The zero-order valence-corrected chi connectivity index (χ0v) is 10.6. The fourth-order valence-electron chi connectivity index (χ4n) is 1.75. The molecular weight excluding hydrogens is 234 g/mol. The van der Waals surface area contributed by atoms with Crippen molar-refractivity contribution < 1.29 is 9.59 Å². The molecule has 1 heterocycles. The van der Waals surface area contributed by atoms with Crippen molar-refractivity contribution in [2.75, 3.05) is 5.75 Å². The normalized spacial score (nSPS) is 17.3. The number of ketones is 1. The van der Waals surface area contributed by atoms with Crippen LogP contribution in [-0.2, 0) is 4.79 Å². The van der Waals surface area contributed by atoms with Crippen molar-refractivity contribution >= 4 is 23.5 Å². The SMILES string of the molecule is Cc1cc(C)cc(C(=O)C=C2NC(=O)CS2)c1. The van der Waals surface area contributed by atoms with Crippen molar-refractivity contribution in [1.82, 2.24) is 5.32 Å². The minimum absolute atomic E-state index is 0.0468. The van der Waals surface area contributed by atoms with Crippen molar-refractivity contribution in [2.24, 2.45) is 0 Å². The molecule has 1 aromatic rings. The van der Waals surface area contributed by atoms with E-state index in [4.69, 9.17) is 0 Å². The molecule has 1 fully saturated rings. The van der Waals surface area contributed by atoms with Crippen LogP contribution in [0, 0.1) is 13.8 Å². The molecule has 1 aliphatic heterocycles. The van der Waals surface area contributed by atoms with Crippen molar-refractivity contribution in [1.29, 1.82) is 0 Å². The number of carbonyl (C=O) groups is 2. The first-order valence-corrected chi connectivity index (χ1v) is 6.30. The van der Waals surface area contributed by atoms with Gasteiger partial charge < -0.3 is 5.32 Å². The summed E-state index contributed by atoms with van der Waals surface area (Å²) in [5.41, 5.74) is 2.79. The third-order valence-electron chi connectivity index (χ3n) is 2.39. The molecule has 0 saturated carbocycles. The van der Waals surface area contributed by atoms with E-state index in [0.717, 1.165) is 11.1 Å². The molecule has 1 N–H and O–H groups in total. The predicted octanol–water partition coefficient (Wildman–Crippen LogP) is 2.19. The molecule has 1 aliphatic rings. The van der Waals surface area contributed by atoms with Crippen LogP contribution in [0.1, 0.15) is 21.5 Å². The summed E-state index contributed by atoms with van der Waals surface area (Å²) in [5, 5.41) is 3.29. The zero-order chi connectivity index (χ0) is 12.4. The van der Waals surface area contributed by atoms with Gasteiger partial charge in [0, 0.05) is 11.6 Å². The minimum atomic E-state index is -0.0681. The maximum atomic E-state index is 12.0. The Balaban J connectivity index is 2.22. The predicted molar refractivity (Wildman–Crippen MR) is 68.9 cm³/mol. The molecule has 4 heteroatoms. The quantitative estimate of drug-likeness (QED) is 0.643. The summed E-state index contributed by atoms with van der Waals surface area (Å²) in [5.74, 6) is 0.280. The van der Waals surface area contributed by atoms with E-state index < -0.39 is 0 Å². The lowest BCUT2D eigenvalue weighted by molar-refractivity contribution is -0.117. The van der Waals surface area contributed by atoms with Crippen LogP contribution in [0.15, 0.2) is 29.3 Å². The molecule has 2 rings (SSSR count). The number of hydrogen-bond donors (Lipinski definition) is 1. The Morgan fingerprint density at radius 3 is 2.47 bits per heavy atom. The molecule has 3 nitrogen and oxygen atoms in total. The van der Waals surface area contributed by atoms with E-state index in [1.807, 2.05) is 32.0 Å². The molecule has 0 atom stereocenters. The second-order valence-electron chi connectivity index (χ2n) is 4.09. The molecule has 0 bridgehead atoms. The van der Waals surface area contributed by atoms with Gasteiger partial charge in [0.1, 0.15) is 0 Å². The average molecular weight is 247 g/mol. The maximum absolute atomic E-state index is 12.0. The molecule has 1 aromatic carbocycles. The van der Waals surface area contributed by atoms with E-state index >= 15 is 0 Å².